The lowest BCUT2D eigenvalue weighted by atomic mass is 9.97. The summed E-state index contributed by atoms with van der Waals surface area (Å²) in [7, 11) is 2.69. The van der Waals surface area contributed by atoms with Crippen molar-refractivity contribution in [3.63, 3.8) is 0 Å². The Morgan fingerprint density at radius 1 is 0.828 bits per heavy atom. The maximum absolute atomic E-state index is 13.4. The second-order valence-electron chi connectivity index (χ2n) is 6.62. The number of hydrogen-bond acceptors (Lipinski definition) is 2. The number of aliphatic carboxylic acids is 1. The van der Waals surface area contributed by atoms with Crippen molar-refractivity contribution < 1.29 is 67.5 Å². The van der Waals surface area contributed by atoms with Gasteiger partial charge in [-0.25, -0.2) is 4.79 Å². The number of carbonyl (C=O) groups is 2. The number of rotatable bonds is 10. The molecule has 1 amide bonds. The summed E-state index contributed by atoms with van der Waals surface area (Å²) in [5, 5.41) is 9.64. The predicted molar refractivity (Wildman–Crippen MR) is 72.9 cm³/mol. The topological polar surface area (TPSA) is 66.4 Å². The number of quaternary nitrogens is 1. The van der Waals surface area contributed by atoms with Crippen LogP contribution in [0.3, 0.4) is 0 Å². The lowest BCUT2D eigenvalue weighted by Crippen LogP contribution is -2.69. The Morgan fingerprint density at radius 3 is 1.66 bits per heavy atom. The van der Waals surface area contributed by atoms with E-state index in [4.69, 9.17) is 5.11 Å². The van der Waals surface area contributed by atoms with Gasteiger partial charge < -0.3 is 14.9 Å². The normalized spacial score (nSPS) is 14.7. The van der Waals surface area contributed by atoms with E-state index in [1.54, 1.807) is 0 Å². The van der Waals surface area contributed by atoms with Gasteiger partial charge in [0.05, 0.1) is 20.6 Å². The van der Waals surface area contributed by atoms with E-state index in [-0.39, 0.29) is 17.4 Å². The number of hydrogen-bond donors (Lipinski definition) is 2. The number of likely N-dealkylation sites (N-methyl/N-ethyl adjacent to an activating group) is 1. The molecule has 0 unspecified atom stereocenters. The van der Waals surface area contributed by atoms with E-state index >= 15 is 0 Å². The van der Waals surface area contributed by atoms with Crippen LogP contribution in [0.25, 0.3) is 0 Å². The van der Waals surface area contributed by atoms with Gasteiger partial charge in [-0.05, 0) is 0 Å². The van der Waals surface area contributed by atoms with E-state index in [9.17, 15) is 57.9 Å². The maximum atomic E-state index is 13.4. The van der Waals surface area contributed by atoms with Crippen LogP contribution in [0.2, 0.25) is 0 Å². The molecule has 0 fully saturated rings. The second kappa shape index (κ2) is 8.10. The molecule has 0 aromatic carbocycles. The van der Waals surface area contributed by atoms with Crippen LogP contribution in [-0.2, 0) is 9.59 Å². The highest BCUT2D eigenvalue weighted by molar-refractivity contribution is 5.84. The summed E-state index contributed by atoms with van der Waals surface area (Å²) in [6.07, 6.45) is -7.65. The van der Waals surface area contributed by atoms with Crippen molar-refractivity contribution in [3.8, 4) is 0 Å². The summed E-state index contributed by atoms with van der Waals surface area (Å²) in [6.45, 7) is -1.52. The zero-order chi connectivity index (χ0) is 23.7. The summed E-state index contributed by atoms with van der Waals surface area (Å²) in [5.41, 5.74) is 0. The average molecular weight is 457 g/mol. The van der Waals surface area contributed by atoms with Crippen molar-refractivity contribution in [2.45, 2.75) is 36.3 Å². The number of alkyl halides is 11. The van der Waals surface area contributed by atoms with Crippen LogP contribution >= 0.6 is 0 Å². The minimum atomic E-state index is -7.65. The quantitative estimate of drug-likeness (QED) is 0.301. The number of nitrogens with one attached hydrogen (secondary N) is 1. The molecule has 29 heavy (non-hydrogen) atoms. The molecule has 0 bridgehead atoms. The monoisotopic (exact) mass is 457 g/mol. The lowest BCUT2D eigenvalue weighted by Gasteiger charge is -2.36. The highest BCUT2D eigenvalue weighted by Crippen LogP contribution is 2.57. The van der Waals surface area contributed by atoms with Crippen molar-refractivity contribution in [1.82, 2.24) is 5.32 Å². The predicted octanol–water partition coefficient (Wildman–Crippen LogP) is 2.76. The average Bonchev–Trinajstić information content (AvgIpc) is 2.48. The first kappa shape index (κ1) is 27.1. The van der Waals surface area contributed by atoms with Gasteiger partial charge in [-0.15, -0.1) is 0 Å². The minimum Gasteiger partial charge on any atom is -0.477 e. The third-order valence-electron chi connectivity index (χ3n) is 3.61. The van der Waals surface area contributed by atoms with Crippen LogP contribution in [0.5, 0.6) is 0 Å². The molecule has 0 aliphatic rings. The van der Waals surface area contributed by atoms with E-state index in [0.29, 0.717) is 0 Å². The van der Waals surface area contributed by atoms with Gasteiger partial charge in [0.15, 0.2) is 6.54 Å². The molecule has 0 aromatic rings. The molecule has 0 radical (unpaired) electrons. The number of amides is 1. The zero-order valence-corrected chi connectivity index (χ0v) is 14.7. The SMILES string of the molecule is C[N+](C)(CCCNC(=O)C(F)(F)C(F)(F)C(F)(F)C(F)(F)C(F)(F)F)CC(=O)O. The van der Waals surface area contributed by atoms with Crippen molar-refractivity contribution >= 4 is 11.9 Å². The van der Waals surface area contributed by atoms with Crippen LogP contribution in [0.15, 0.2) is 0 Å². The Hall–Kier alpha value is -1.87. The van der Waals surface area contributed by atoms with Gasteiger partial charge in [0.25, 0.3) is 5.91 Å². The minimum absolute atomic E-state index is 0.142. The van der Waals surface area contributed by atoms with E-state index in [1.807, 2.05) is 0 Å². The first-order chi connectivity index (χ1) is 12.5. The molecule has 0 spiro atoms. The molecular formula is C13H16F11N2O3+. The lowest BCUT2D eigenvalue weighted by molar-refractivity contribution is -0.883. The zero-order valence-electron chi connectivity index (χ0n) is 14.7. The third-order valence-corrected chi connectivity index (χ3v) is 3.61. The van der Waals surface area contributed by atoms with Crippen LogP contribution in [0.1, 0.15) is 6.42 Å². The van der Waals surface area contributed by atoms with Crippen LogP contribution in [0.4, 0.5) is 48.3 Å². The Labute approximate surface area is 156 Å². The summed E-state index contributed by atoms with van der Waals surface area (Å²) in [6, 6.07) is 0. The van der Waals surface area contributed by atoms with Crippen LogP contribution in [-0.4, -0.2) is 85.1 Å². The molecule has 0 aromatic heterocycles. The summed E-state index contributed by atoms with van der Waals surface area (Å²) in [4.78, 5) is 21.7. The molecule has 0 saturated carbocycles. The molecule has 0 atom stereocenters. The van der Waals surface area contributed by atoms with Crippen molar-refractivity contribution in [2.75, 3.05) is 33.7 Å². The number of nitrogens with zero attached hydrogens (tertiary/aromatic N) is 1. The van der Waals surface area contributed by atoms with Gasteiger partial charge in [0.2, 0.25) is 0 Å². The Bertz CT molecular complexity index is 618. The van der Waals surface area contributed by atoms with Crippen molar-refractivity contribution in [3.05, 3.63) is 0 Å². The Morgan fingerprint density at radius 2 is 1.28 bits per heavy atom. The summed E-state index contributed by atoms with van der Waals surface area (Å²) >= 11 is 0. The fraction of sp³-hybridized carbons (Fsp3) is 0.846. The fourth-order valence-electron chi connectivity index (χ4n) is 1.98. The van der Waals surface area contributed by atoms with Crippen LogP contribution in [0, 0.1) is 0 Å². The van der Waals surface area contributed by atoms with E-state index in [0.717, 1.165) is 5.32 Å². The molecule has 0 aliphatic heterocycles. The molecule has 0 aliphatic carbocycles. The summed E-state index contributed by atoms with van der Waals surface area (Å²) < 4.78 is 140. The first-order valence-electron chi connectivity index (χ1n) is 7.44. The molecule has 172 valence electrons. The van der Waals surface area contributed by atoms with E-state index in [2.05, 4.69) is 0 Å². The maximum Gasteiger partial charge on any atom is 0.460 e. The first-order valence-corrected chi connectivity index (χ1v) is 7.44. The fourth-order valence-corrected chi connectivity index (χ4v) is 1.98. The van der Waals surface area contributed by atoms with Gasteiger partial charge in [-0.1, -0.05) is 0 Å². The Kier molecular flexibility index (Phi) is 7.58. The number of halogens is 11. The van der Waals surface area contributed by atoms with Gasteiger partial charge >= 0.3 is 35.8 Å². The van der Waals surface area contributed by atoms with Gasteiger partial charge in [-0.3, -0.25) is 4.79 Å². The molecule has 2 N–H and O–H groups in total. The standard InChI is InChI=1S/C13H15F11N2O3/c1-26(2,6-7(27)28)5-3-4-25-8(29)9(14,15)10(16,17)11(18,19)12(20,21)13(22,23)24/h3-6H2,1-2H3,(H-,25,27,28,29)/p+1. The van der Waals surface area contributed by atoms with Gasteiger partial charge in [0, 0.05) is 13.0 Å². The second-order valence-corrected chi connectivity index (χ2v) is 6.62. The van der Waals surface area contributed by atoms with Gasteiger partial charge in [0.1, 0.15) is 0 Å². The Balaban J connectivity index is 5.31. The van der Waals surface area contributed by atoms with Crippen molar-refractivity contribution in [2.24, 2.45) is 0 Å². The molecule has 0 saturated heterocycles. The van der Waals surface area contributed by atoms with Crippen LogP contribution < -0.4 is 5.32 Å². The number of carbonyl (C=O) groups excluding carboxylic acids is 1. The highest BCUT2D eigenvalue weighted by atomic mass is 19.4. The number of carboxylic acid groups (broad SMARTS) is 1. The van der Waals surface area contributed by atoms with Gasteiger partial charge in [-0.2, -0.15) is 48.3 Å². The molecule has 5 nitrogen and oxygen atoms in total. The molecule has 0 heterocycles. The molecular weight excluding hydrogens is 441 g/mol. The van der Waals surface area contributed by atoms with E-state index in [1.165, 1.54) is 14.1 Å². The van der Waals surface area contributed by atoms with Crippen molar-refractivity contribution in [1.29, 1.82) is 0 Å². The van der Waals surface area contributed by atoms with E-state index < -0.39 is 54.8 Å². The summed E-state index contributed by atoms with van der Waals surface area (Å²) in [5.74, 6) is -33.7. The smallest absolute Gasteiger partial charge is 0.460 e. The third kappa shape index (κ3) is 5.39. The molecule has 0 rings (SSSR count). The largest absolute Gasteiger partial charge is 0.477 e. The highest BCUT2D eigenvalue weighted by Gasteiger charge is 2.88. The number of carboxylic acids is 1. The molecule has 16 heteroatoms.